The predicted octanol–water partition coefficient (Wildman–Crippen LogP) is 3.99. The van der Waals surface area contributed by atoms with Crippen LogP contribution in [-0.4, -0.2) is 17.2 Å². The van der Waals surface area contributed by atoms with E-state index in [2.05, 4.69) is 30.3 Å². The van der Waals surface area contributed by atoms with Crippen molar-refractivity contribution in [2.24, 2.45) is 0 Å². The van der Waals surface area contributed by atoms with Crippen molar-refractivity contribution in [3.63, 3.8) is 0 Å². The van der Waals surface area contributed by atoms with E-state index in [-0.39, 0.29) is 17.0 Å². The van der Waals surface area contributed by atoms with E-state index in [4.69, 9.17) is 5.11 Å². The Morgan fingerprint density at radius 2 is 1.61 bits per heavy atom. The summed E-state index contributed by atoms with van der Waals surface area (Å²) in [4.78, 5) is 10.3. The summed E-state index contributed by atoms with van der Waals surface area (Å²) in [5.41, 5.74) is 0. The number of carboxylic acids is 1. The zero-order valence-electron chi connectivity index (χ0n) is 10.6. The van der Waals surface area contributed by atoms with Crippen LogP contribution in [0, 0.1) is 0 Å². The number of hydrogen-bond acceptors (Lipinski definition) is 1. The maximum Gasteiger partial charge on any atom is 0.303 e. The molecule has 4 heteroatoms. The molecule has 1 unspecified atom stereocenters. The van der Waals surface area contributed by atoms with Crippen LogP contribution in [0.1, 0.15) is 38.5 Å². The van der Waals surface area contributed by atoms with E-state index in [0.29, 0.717) is 6.42 Å². The van der Waals surface area contributed by atoms with Gasteiger partial charge < -0.3 is 5.11 Å². The van der Waals surface area contributed by atoms with Gasteiger partial charge in [0.05, 0.1) is 0 Å². The van der Waals surface area contributed by atoms with Crippen LogP contribution in [0.15, 0.2) is 30.3 Å². The molecule has 2 nitrogen and oxygen atoms in total. The third-order valence-electron chi connectivity index (χ3n) is 2.67. The van der Waals surface area contributed by atoms with Crippen LogP contribution < -0.4 is 5.30 Å². The Kier molecular flexibility index (Phi) is 11.4. The molecule has 0 saturated heterocycles. The first-order valence-electron chi connectivity index (χ1n) is 6.30. The molecule has 1 aromatic rings. The van der Waals surface area contributed by atoms with Crippen molar-refractivity contribution in [1.29, 1.82) is 0 Å². The molecule has 1 rings (SSSR count). The Labute approximate surface area is 122 Å². The molecule has 0 amide bonds. The highest BCUT2D eigenvalue weighted by atomic mass is 79.9. The third kappa shape index (κ3) is 9.61. The minimum Gasteiger partial charge on any atom is -0.481 e. The molecule has 0 bridgehead atoms. The van der Waals surface area contributed by atoms with Gasteiger partial charge in [-0.3, -0.25) is 4.79 Å². The van der Waals surface area contributed by atoms with E-state index in [0.717, 1.165) is 21.4 Å². The van der Waals surface area contributed by atoms with Gasteiger partial charge in [-0.1, -0.05) is 58.2 Å². The van der Waals surface area contributed by atoms with Crippen molar-refractivity contribution in [3.05, 3.63) is 30.3 Å². The minimum absolute atomic E-state index is 0. The highest BCUT2D eigenvalue weighted by Gasteiger charge is 1.96. The fourth-order valence-corrected chi connectivity index (χ4v) is 2.86. The van der Waals surface area contributed by atoms with Crippen LogP contribution in [0.3, 0.4) is 0 Å². The van der Waals surface area contributed by atoms with Crippen LogP contribution in [-0.2, 0) is 4.79 Å². The molecular weight excluding hydrogens is 311 g/mol. The summed E-state index contributed by atoms with van der Waals surface area (Å²) in [6.45, 7) is 0. The number of carboxylic acid groups (broad SMARTS) is 1. The molecule has 1 atom stereocenters. The van der Waals surface area contributed by atoms with E-state index in [1.54, 1.807) is 0 Å². The lowest BCUT2D eigenvalue weighted by Crippen LogP contribution is -1.94. The first-order chi connectivity index (χ1) is 8.29. The second-order valence-electron chi connectivity index (χ2n) is 4.20. The SMILES string of the molecule is Br.O=C(O)CCCCCCCPc1ccccc1. The highest BCUT2D eigenvalue weighted by molar-refractivity contribution is 8.93. The van der Waals surface area contributed by atoms with Crippen LogP contribution >= 0.6 is 25.6 Å². The predicted molar refractivity (Wildman–Crippen MR) is 84.9 cm³/mol. The molecule has 1 N–H and O–H groups in total. The normalized spacial score (nSPS) is 10.4. The number of rotatable bonds is 9. The summed E-state index contributed by atoms with van der Waals surface area (Å²) in [6.07, 6.45) is 7.15. The van der Waals surface area contributed by atoms with E-state index >= 15 is 0 Å². The van der Waals surface area contributed by atoms with Gasteiger partial charge in [0.25, 0.3) is 0 Å². The highest BCUT2D eigenvalue weighted by Crippen LogP contribution is 2.14. The first-order valence-corrected chi connectivity index (χ1v) is 7.50. The number of unbranched alkanes of at least 4 members (excludes halogenated alkanes) is 4. The van der Waals surface area contributed by atoms with Gasteiger partial charge in [0.15, 0.2) is 0 Å². The fraction of sp³-hybridized carbons (Fsp3) is 0.500. The first kappa shape index (κ1) is 17.6. The Morgan fingerprint density at radius 3 is 2.28 bits per heavy atom. The molecule has 0 fully saturated rings. The topological polar surface area (TPSA) is 37.3 Å². The molecule has 0 heterocycles. The van der Waals surface area contributed by atoms with E-state index in [1.165, 1.54) is 30.7 Å². The van der Waals surface area contributed by atoms with E-state index in [9.17, 15) is 4.79 Å². The monoisotopic (exact) mass is 332 g/mol. The van der Waals surface area contributed by atoms with Gasteiger partial charge in [0.2, 0.25) is 0 Å². The minimum atomic E-state index is -0.671. The number of halogens is 1. The maximum absolute atomic E-state index is 10.3. The summed E-state index contributed by atoms with van der Waals surface area (Å²) in [6, 6.07) is 10.6. The van der Waals surface area contributed by atoms with Gasteiger partial charge in [-0.25, -0.2) is 0 Å². The van der Waals surface area contributed by atoms with Crippen LogP contribution in [0.25, 0.3) is 0 Å². The number of hydrogen-bond donors (Lipinski definition) is 1. The van der Waals surface area contributed by atoms with Crippen LogP contribution in [0.4, 0.5) is 0 Å². The largest absolute Gasteiger partial charge is 0.481 e. The van der Waals surface area contributed by atoms with Crippen molar-refractivity contribution in [3.8, 4) is 0 Å². The number of carbonyl (C=O) groups is 1. The zero-order valence-corrected chi connectivity index (χ0v) is 13.3. The Bertz CT molecular complexity index is 317. The molecule has 0 aliphatic heterocycles. The molecule has 0 aliphatic rings. The van der Waals surface area contributed by atoms with Gasteiger partial charge >= 0.3 is 5.97 Å². The van der Waals surface area contributed by atoms with Gasteiger partial charge in [0, 0.05) is 6.42 Å². The number of aliphatic carboxylic acids is 1. The average molecular weight is 333 g/mol. The Morgan fingerprint density at radius 1 is 1.00 bits per heavy atom. The van der Waals surface area contributed by atoms with Crippen molar-refractivity contribution in [1.82, 2.24) is 0 Å². The van der Waals surface area contributed by atoms with Crippen molar-refractivity contribution >= 4 is 36.8 Å². The summed E-state index contributed by atoms with van der Waals surface area (Å²) in [5, 5.41) is 9.92. The molecule has 0 aromatic heterocycles. The quantitative estimate of drug-likeness (QED) is 0.548. The summed E-state index contributed by atoms with van der Waals surface area (Å²) in [7, 11) is 0.919. The summed E-state index contributed by atoms with van der Waals surface area (Å²) >= 11 is 0. The molecule has 0 aliphatic carbocycles. The second kappa shape index (κ2) is 11.7. The molecular formula is C14H22BrO2P. The Hall–Kier alpha value is -0.400. The average Bonchev–Trinajstić information content (AvgIpc) is 2.33. The van der Waals surface area contributed by atoms with Crippen LogP contribution in [0.5, 0.6) is 0 Å². The molecule has 0 spiro atoms. The molecule has 1 aromatic carbocycles. The van der Waals surface area contributed by atoms with Gasteiger partial charge in [-0.05, 0) is 24.3 Å². The second-order valence-corrected chi connectivity index (χ2v) is 5.64. The smallest absolute Gasteiger partial charge is 0.303 e. The van der Waals surface area contributed by atoms with Crippen LogP contribution in [0.2, 0.25) is 0 Å². The van der Waals surface area contributed by atoms with Gasteiger partial charge in [-0.2, -0.15) is 0 Å². The van der Waals surface area contributed by atoms with E-state index in [1.807, 2.05) is 0 Å². The summed E-state index contributed by atoms with van der Waals surface area (Å²) in [5.74, 6) is -0.671. The van der Waals surface area contributed by atoms with Crippen molar-refractivity contribution in [2.45, 2.75) is 38.5 Å². The van der Waals surface area contributed by atoms with Crippen molar-refractivity contribution < 1.29 is 9.90 Å². The van der Waals surface area contributed by atoms with Crippen molar-refractivity contribution in [2.75, 3.05) is 6.16 Å². The standard InChI is InChI=1S/C14H21O2P.BrH/c15-14(16)11-7-2-1-3-8-12-17-13-9-5-4-6-10-13;/h4-6,9-10,17H,1-3,7-8,11-12H2,(H,15,16);1H. The van der Waals surface area contributed by atoms with Gasteiger partial charge in [0.1, 0.15) is 0 Å². The molecule has 0 saturated carbocycles. The number of benzene rings is 1. The lowest BCUT2D eigenvalue weighted by Gasteiger charge is -2.02. The molecule has 18 heavy (non-hydrogen) atoms. The van der Waals surface area contributed by atoms with E-state index < -0.39 is 5.97 Å². The van der Waals surface area contributed by atoms with Gasteiger partial charge in [-0.15, -0.1) is 17.0 Å². The summed E-state index contributed by atoms with van der Waals surface area (Å²) < 4.78 is 0. The lowest BCUT2D eigenvalue weighted by molar-refractivity contribution is -0.137. The zero-order chi connectivity index (χ0) is 12.3. The molecule has 0 radical (unpaired) electrons. The lowest BCUT2D eigenvalue weighted by atomic mass is 10.1. The Balaban J connectivity index is 0.00000289. The maximum atomic E-state index is 10.3. The third-order valence-corrected chi connectivity index (χ3v) is 4.02. The fourth-order valence-electron chi connectivity index (χ4n) is 1.72. The molecule has 102 valence electrons.